The molecule has 0 unspecified atom stereocenters. The molecule has 0 atom stereocenters. The molecular formula is C38H35FO10. The zero-order valence-electron chi connectivity index (χ0n) is 27.9. The number of benzene rings is 3. The van der Waals surface area contributed by atoms with Crippen molar-refractivity contribution in [1.82, 2.24) is 0 Å². The zero-order chi connectivity index (χ0) is 36.6. The maximum atomic E-state index is 16.5. The van der Waals surface area contributed by atoms with Crippen LogP contribution < -0.4 is 23.7 Å². The van der Waals surface area contributed by atoms with Gasteiger partial charge in [-0.1, -0.05) is 45.7 Å². The summed E-state index contributed by atoms with van der Waals surface area (Å²) < 4.78 is 43.2. The molecule has 3 rings (SSSR count). The van der Waals surface area contributed by atoms with E-state index >= 15 is 4.39 Å². The van der Waals surface area contributed by atoms with E-state index in [9.17, 15) is 24.0 Å². The Morgan fingerprint density at radius 1 is 0.653 bits per heavy atom. The first-order valence-electron chi connectivity index (χ1n) is 14.8. The van der Waals surface area contributed by atoms with Crippen molar-refractivity contribution in [3.05, 3.63) is 108 Å². The molecular weight excluding hydrogens is 635 g/mol. The summed E-state index contributed by atoms with van der Waals surface area (Å²) >= 11 is 0. The van der Waals surface area contributed by atoms with Crippen LogP contribution in [0.2, 0.25) is 0 Å². The molecule has 0 aromatic heterocycles. The Balaban J connectivity index is 2.11. The first-order chi connectivity index (χ1) is 23.0. The third kappa shape index (κ3) is 9.71. The molecule has 0 bridgehead atoms. The van der Waals surface area contributed by atoms with E-state index in [1.807, 2.05) is 0 Å². The highest BCUT2D eigenvalue weighted by atomic mass is 19.1. The molecule has 0 aliphatic rings. The second-order valence-electron chi connectivity index (χ2n) is 11.2. The minimum Gasteiger partial charge on any atom is -0.426 e. The zero-order valence-corrected chi connectivity index (χ0v) is 27.9. The normalized spacial score (nSPS) is 10.7. The van der Waals surface area contributed by atoms with Crippen molar-refractivity contribution in [3.8, 4) is 39.9 Å². The second kappa shape index (κ2) is 16.1. The van der Waals surface area contributed by atoms with E-state index in [0.717, 1.165) is 12.2 Å². The number of hydrogen-bond acceptors (Lipinski definition) is 10. The summed E-state index contributed by atoms with van der Waals surface area (Å²) in [7, 11) is 0. The van der Waals surface area contributed by atoms with Crippen molar-refractivity contribution in [3.63, 3.8) is 0 Å². The largest absolute Gasteiger partial charge is 0.426 e. The van der Waals surface area contributed by atoms with E-state index in [2.05, 4.69) is 19.7 Å². The first kappa shape index (κ1) is 37.4. The number of hydrogen-bond donors (Lipinski definition) is 0. The number of carbonyl (C=O) groups is 5. The highest BCUT2D eigenvalue weighted by Gasteiger charge is 2.28. The quantitative estimate of drug-likeness (QED) is 0.109. The molecule has 10 nitrogen and oxygen atoms in total. The summed E-state index contributed by atoms with van der Waals surface area (Å²) in [6.45, 7) is 19.8. The van der Waals surface area contributed by atoms with Crippen molar-refractivity contribution in [2.24, 2.45) is 5.92 Å². The van der Waals surface area contributed by atoms with Crippen molar-refractivity contribution in [2.45, 2.75) is 41.5 Å². The topological polar surface area (TPSA) is 132 Å². The lowest BCUT2D eigenvalue weighted by Gasteiger charge is -2.20. The van der Waals surface area contributed by atoms with Crippen LogP contribution >= 0.6 is 0 Å². The Bertz CT molecular complexity index is 1880. The standard InChI is InChI=1S/C38H35FO10/c1-20(2)35(41)46-27-12-10-25(11-13-27)31-24(9)33(48-37(43)22(5)6)29(32(39)34(31)49-38(44)23(7)8)18-19-30(40)45-26-14-16-28(17-15-26)47-36(42)21(3)4/h10-20H,3,5,7H2,1-2,4,6,8-9H3/b19-18+. The Hall–Kier alpha value is -6.10. The summed E-state index contributed by atoms with van der Waals surface area (Å²) in [4.78, 5) is 62.0. The molecule has 0 spiro atoms. The number of esters is 5. The molecule has 11 heteroatoms. The predicted molar refractivity (Wildman–Crippen MR) is 180 cm³/mol. The van der Waals surface area contributed by atoms with Crippen LogP contribution in [-0.2, 0) is 24.0 Å². The maximum Gasteiger partial charge on any atom is 0.338 e. The summed E-state index contributed by atoms with van der Waals surface area (Å²) in [5.41, 5.74) is 0.252. The van der Waals surface area contributed by atoms with Crippen LogP contribution in [0.1, 0.15) is 45.7 Å². The summed E-state index contributed by atoms with van der Waals surface area (Å²) in [6.07, 6.45) is 1.89. The minimum atomic E-state index is -1.15. The average molecular weight is 671 g/mol. The van der Waals surface area contributed by atoms with Gasteiger partial charge in [-0.3, -0.25) is 4.79 Å². The van der Waals surface area contributed by atoms with Crippen LogP contribution in [0.4, 0.5) is 4.39 Å². The molecule has 254 valence electrons. The highest BCUT2D eigenvalue weighted by Crippen LogP contribution is 2.45. The van der Waals surface area contributed by atoms with Gasteiger partial charge in [-0.15, -0.1) is 0 Å². The number of ether oxygens (including phenoxy) is 5. The van der Waals surface area contributed by atoms with Crippen LogP contribution in [0.25, 0.3) is 17.2 Å². The van der Waals surface area contributed by atoms with E-state index < -0.39 is 47.0 Å². The first-order valence-corrected chi connectivity index (χ1v) is 14.8. The minimum absolute atomic E-state index is 0.00202. The lowest BCUT2D eigenvalue weighted by molar-refractivity contribution is -0.138. The summed E-state index contributed by atoms with van der Waals surface area (Å²) in [5, 5.41) is 0. The van der Waals surface area contributed by atoms with Gasteiger partial charge < -0.3 is 23.7 Å². The van der Waals surface area contributed by atoms with Crippen LogP contribution in [0.5, 0.6) is 28.7 Å². The number of rotatable bonds is 12. The third-order valence-corrected chi connectivity index (χ3v) is 6.53. The van der Waals surface area contributed by atoms with Crippen LogP contribution in [0, 0.1) is 18.7 Å². The van der Waals surface area contributed by atoms with Gasteiger partial charge in [0.1, 0.15) is 23.0 Å². The van der Waals surface area contributed by atoms with Crippen LogP contribution in [0.15, 0.2) is 91.1 Å². The molecule has 49 heavy (non-hydrogen) atoms. The fourth-order valence-corrected chi connectivity index (χ4v) is 3.90. The van der Waals surface area contributed by atoms with Gasteiger partial charge in [0, 0.05) is 33.9 Å². The molecule has 0 aliphatic heterocycles. The van der Waals surface area contributed by atoms with Gasteiger partial charge in [0.05, 0.1) is 11.5 Å². The highest BCUT2D eigenvalue weighted by molar-refractivity contribution is 5.95. The fourth-order valence-electron chi connectivity index (χ4n) is 3.90. The number of carbonyl (C=O) groups excluding carboxylic acids is 5. The average Bonchev–Trinajstić information content (AvgIpc) is 3.04. The summed E-state index contributed by atoms with van der Waals surface area (Å²) in [6, 6.07) is 11.5. The molecule has 3 aromatic rings. The van der Waals surface area contributed by atoms with Gasteiger partial charge in [-0.05, 0) is 75.7 Å². The number of halogens is 1. The lowest BCUT2D eigenvalue weighted by atomic mass is 9.94. The lowest BCUT2D eigenvalue weighted by Crippen LogP contribution is -2.15. The van der Waals surface area contributed by atoms with Crippen molar-refractivity contribution < 1.29 is 52.0 Å². The van der Waals surface area contributed by atoms with Gasteiger partial charge >= 0.3 is 29.8 Å². The van der Waals surface area contributed by atoms with Crippen LogP contribution in [-0.4, -0.2) is 29.8 Å². The second-order valence-corrected chi connectivity index (χ2v) is 11.2. The SMILES string of the molecule is C=C(C)C(=O)Oc1ccc(OC(=O)/C=C/c2c(F)c(OC(=O)C(=C)C)c(-c3ccc(OC(=O)C(C)C)cc3)c(C)c2OC(=O)C(=C)C)cc1. The van der Waals surface area contributed by atoms with Crippen LogP contribution in [0.3, 0.4) is 0 Å². The van der Waals surface area contributed by atoms with Gasteiger partial charge in [-0.25, -0.2) is 23.6 Å². The van der Waals surface area contributed by atoms with E-state index in [0.29, 0.717) is 5.56 Å². The Labute approximate surface area is 283 Å². The van der Waals surface area contributed by atoms with Crippen molar-refractivity contribution >= 4 is 35.9 Å². The molecule has 0 N–H and O–H groups in total. The Morgan fingerprint density at radius 3 is 1.57 bits per heavy atom. The smallest absolute Gasteiger partial charge is 0.338 e. The fraction of sp³-hybridized carbons (Fsp3) is 0.184. The van der Waals surface area contributed by atoms with E-state index in [-0.39, 0.29) is 56.8 Å². The molecule has 0 fully saturated rings. The van der Waals surface area contributed by atoms with Gasteiger partial charge in [0.15, 0.2) is 11.6 Å². The molecule has 0 saturated carbocycles. The Morgan fingerprint density at radius 2 is 1.08 bits per heavy atom. The molecule has 0 radical (unpaired) electrons. The van der Waals surface area contributed by atoms with Gasteiger partial charge in [-0.2, -0.15) is 0 Å². The molecule has 0 aliphatic carbocycles. The van der Waals surface area contributed by atoms with E-state index in [1.165, 1.54) is 76.2 Å². The van der Waals surface area contributed by atoms with Gasteiger partial charge in [0.25, 0.3) is 0 Å². The Kier molecular flexibility index (Phi) is 12.3. The van der Waals surface area contributed by atoms with Crippen molar-refractivity contribution in [2.75, 3.05) is 0 Å². The van der Waals surface area contributed by atoms with Crippen molar-refractivity contribution in [1.29, 1.82) is 0 Å². The summed E-state index contributed by atoms with van der Waals surface area (Å²) in [5.74, 6) is -5.76. The predicted octanol–water partition coefficient (Wildman–Crippen LogP) is 7.43. The van der Waals surface area contributed by atoms with Gasteiger partial charge in [0.2, 0.25) is 0 Å². The molecule has 0 saturated heterocycles. The molecule has 0 heterocycles. The maximum absolute atomic E-state index is 16.5. The van der Waals surface area contributed by atoms with E-state index in [1.54, 1.807) is 13.8 Å². The molecule has 3 aromatic carbocycles. The molecule has 0 amide bonds. The van der Waals surface area contributed by atoms with E-state index in [4.69, 9.17) is 23.7 Å². The third-order valence-electron chi connectivity index (χ3n) is 6.53. The monoisotopic (exact) mass is 670 g/mol.